The van der Waals surface area contributed by atoms with Gasteiger partial charge in [0.05, 0.1) is 6.17 Å². The van der Waals surface area contributed by atoms with E-state index in [1.165, 1.54) is 193 Å². The number of nitrogens with two attached hydrogens (primary N) is 1. The number of hydrogen-bond acceptors (Lipinski definition) is 2. The second-order valence-corrected chi connectivity index (χ2v) is 13.1. The summed E-state index contributed by atoms with van der Waals surface area (Å²) in [5.74, 6) is 0.402. The monoisotopic (exact) mass is 579 g/mol. The largest absolute Gasteiger partial charge is 0.357 e. The van der Waals surface area contributed by atoms with E-state index >= 15 is 0 Å². The minimum Gasteiger partial charge on any atom is -0.357 e. The molecule has 0 rings (SSSR count). The zero-order valence-electron chi connectivity index (χ0n) is 28.5. The van der Waals surface area contributed by atoms with Crippen LogP contribution in [-0.4, -0.2) is 18.7 Å². The lowest BCUT2D eigenvalue weighted by molar-refractivity contribution is 0.500. The van der Waals surface area contributed by atoms with Gasteiger partial charge in [-0.15, -0.1) is 0 Å². The molecule has 0 aromatic carbocycles. The second-order valence-electron chi connectivity index (χ2n) is 13.1. The number of rotatable bonds is 34. The van der Waals surface area contributed by atoms with Crippen LogP contribution in [0, 0.1) is 5.41 Å². The highest BCUT2D eigenvalue weighted by Crippen LogP contribution is 2.15. The van der Waals surface area contributed by atoms with E-state index in [0.717, 1.165) is 19.4 Å². The molecule has 0 bridgehead atoms. The quantitative estimate of drug-likeness (QED) is 0.0265. The molecule has 0 amide bonds. The fourth-order valence-electron chi connectivity index (χ4n) is 5.93. The summed E-state index contributed by atoms with van der Waals surface area (Å²) in [4.78, 5) is 0. The smallest absolute Gasteiger partial charge is 0.189 e. The van der Waals surface area contributed by atoms with Gasteiger partial charge in [-0.25, -0.2) is 0 Å². The van der Waals surface area contributed by atoms with E-state index in [9.17, 15) is 0 Å². The van der Waals surface area contributed by atoms with Gasteiger partial charge in [0.1, 0.15) is 0 Å². The molecule has 0 aromatic heterocycles. The summed E-state index contributed by atoms with van der Waals surface area (Å²) >= 11 is 0. The minimum absolute atomic E-state index is 0.0947. The summed E-state index contributed by atoms with van der Waals surface area (Å²) in [7, 11) is 0. The summed E-state index contributed by atoms with van der Waals surface area (Å²) in [6.45, 7) is 5.47. The molecule has 0 saturated heterocycles. The molecule has 0 aromatic rings. The van der Waals surface area contributed by atoms with Crippen molar-refractivity contribution in [3.63, 3.8) is 0 Å². The van der Waals surface area contributed by atoms with Crippen LogP contribution in [0.5, 0.6) is 0 Å². The van der Waals surface area contributed by atoms with E-state index in [1.807, 2.05) is 0 Å². The number of nitrogens with one attached hydrogen (secondary N) is 3. The molecule has 4 heteroatoms. The summed E-state index contributed by atoms with van der Waals surface area (Å²) in [6, 6.07) is 0. The van der Waals surface area contributed by atoms with Gasteiger partial charge in [0, 0.05) is 6.54 Å². The maximum absolute atomic E-state index is 8.10. The van der Waals surface area contributed by atoms with E-state index < -0.39 is 0 Å². The highest BCUT2D eigenvalue weighted by Gasteiger charge is 2.04. The van der Waals surface area contributed by atoms with Crippen molar-refractivity contribution >= 4 is 5.96 Å². The van der Waals surface area contributed by atoms with Crippen molar-refractivity contribution in [3.05, 3.63) is 0 Å². The van der Waals surface area contributed by atoms with Gasteiger partial charge in [-0.3, -0.25) is 5.41 Å². The molecule has 5 N–H and O–H groups in total. The molecule has 0 aliphatic rings. The van der Waals surface area contributed by atoms with Crippen LogP contribution in [0.3, 0.4) is 0 Å². The molecule has 0 fully saturated rings. The highest BCUT2D eigenvalue weighted by molar-refractivity contribution is 5.76. The summed E-state index contributed by atoms with van der Waals surface area (Å²) < 4.78 is 0. The lowest BCUT2D eigenvalue weighted by Gasteiger charge is -2.16. The van der Waals surface area contributed by atoms with Crippen molar-refractivity contribution in [2.75, 3.05) is 6.54 Å². The Kier molecular flexibility index (Phi) is 34.8. The fraction of sp³-hybridized carbons (Fsp3) is 0.973. The van der Waals surface area contributed by atoms with E-state index in [4.69, 9.17) is 11.1 Å². The van der Waals surface area contributed by atoms with Crippen molar-refractivity contribution in [1.82, 2.24) is 10.6 Å². The molecule has 0 heterocycles. The van der Waals surface area contributed by atoms with Crippen molar-refractivity contribution in [3.8, 4) is 0 Å². The van der Waals surface area contributed by atoms with E-state index in [2.05, 4.69) is 24.5 Å². The molecule has 0 radical (unpaired) electrons. The topological polar surface area (TPSA) is 73.9 Å². The lowest BCUT2D eigenvalue weighted by Crippen LogP contribution is -2.47. The number of unbranched alkanes of at least 4 members (excludes halogenated alkanes) is 29. The van der Waals surface area contributed by atoms with E-state index in [-0.39, 0.29) is 6.17 Å². The maximum Gasteiger partial charge on any atom is 0.189 e. The Morgan fingerprint density at radius 1 is 0.439 bits per heavy atom. The Hall–Kier alpha value is -0.770. The van der Waals surface area contributed by atoms with E-state index in [0.29, 0.717) is 5.96 Å². The SMILES string of the molecule is CCCCCCCCCCCCCCCCCCNC(=N)NC(N)CCCCCCCCCCCCCCCCC. The zero-order valence-corrected chi connectivity index (χ0v) is 28.5. The van der Waals surface area contributed by atoms with Gasteiger partial charge in [-0.05, 0) is 12.8 Å². The number of hydrogen-bond donors (Lipinski definition) is 4. The summed E-state index contributed by atoms with van der Waals surface area (Å²) in [5, 5.41) is 14.4. The average Bonchev–Trinajstić information content (AvgIpc) is 2.96. The molecule has 1 atom stereocenters. The van der Waals surface area contributed by atoms with Crippen LogP contribution in [0.2, 0.25) is 0 Å². The van der Waals surface area contributed by atoms with Gasteiger partial charge in [0.2, 0.25) is 0 Å². The maximum atomic E-state index is 8.10. The first-order valence-corrected chi connectivity index (χ1v) is 19.0. The normalized spacial score (nSPS) is 12.1. The predicted octanol–water partition coefficient (Wildman–Crippen LogP) is 11.9. The van der Waals surface area contributed by atoms with Gasteiger partial charge in [-0.1, -0.05) is 206 Å². The van der Waals surface area contributed by atoms with Crippen LogP contribution < -0.4 is 16.4 Å². The first-order valence-electron chi connectivity index (χ1n) is 19.0. The van der Waals surface area contributed by atoms with Crippen molar-refractivity contribution in [2.45, 2.75) is 225 Å². The fourth-order valence-corrected chi connectivity index (χ4v) is 5.93. The zero-order chi connectivity index (χ0) is 29.9. The van der Waals surface area contributed by atoms with Crippen LogP contribution in [0.4, 0.5) is 0 Å². The van der Waals surface area contributed by atoms with Crippen LogP contribution >= 0.6 is 0 Å². The summed E-state index contributed by atoms with van der Waals surface area (Å²) in [6.07, 6.45) is 44.0. The molecule has 41 heavy (non-hydrogen) atoms. The van der Waals surface area contributed by atoms with Gasteiger partial charge in [0.25, 0.3) is 0 Å². The Morgan fingerprint density at radius 2 is 0.707 bits per heavy atom. The second kappa shape index (κ2) is 35.4. The molecule has 246 valence electrons. The van der Waals surface area contributed by atoms with Crippen molar-refractivity contribution in [1.29, 1.82) is 5.41 Å². The molecule has 0 aliphatic carbocycles. The lowest BCUT2D eigenvalue weighted by atomic mass is 10.0. The van der Waals surface area contributed by atoms with Crippen molar-refractivity contribution in [2.24, 2.45) is 5.73 Å². The standard InChI is InChI=1S/C37H78N4/c1-3-5-7-9-11-13-15-17-19-21-23-25-27-29-31-33-35-40-37(39)41-36(38)34-32-30-28-26-24-22-20-18-16-14-12-10-8-6-4-2/h36H,3-35,38H2,1-2H3,(H3,39,40,41). The summed E-state index contributed by atoms with van der Waals surface area (Å²) in [5.41, 5.74) is 6.20. The highest BCUT2D eigenvalue weighted by atomic mass is 15.2. The first kappa shape index (κ1) is 40.2. The molecule has 4 nitrogen and oxygen atoms in total. The molecular weight excluding hydrogens is 500 g/mol. The molecule has 1 unspecified atom stereocenters. The Labute approximate surface area is 259 Å². The van der Waals surface area contributed by atoms with Gasteiger partial charge in [0.15, 0.2) is 5.96 Å². The molecular formula is C37H78N4. The van der Waals surface area contributed by atoms with Gasteiger partial charge in [-0.2, -0.15) is 0 Å². The molecule has 0 aliphatic heterocycles. The first-order chi connectivity index (χ1) is 20.2. The van der Waals surface area contributed by atoms with Crippen LogP contribution in [0.25, 0.3) is 0 Å². The third kappa shape index (κ3) is 35.3. The molecule has 0 spiro atoms. The van der Waals surface area contributed by atoms with Crippen LogP contribution in [0.1, 0.15) is 219 Å². The van der Waals surface area contributed by atoms with Gasteiger partial charge < -0.3 is 16.4 Å². The minimum atomic E-state index is -0.0947. The molecule has 0 saturated carbocycles. The third-order valence-electron chi connectivity index (χ3n) is 8.78. The third-order valence-corrected chi connectivity index (χ3v) is 8.78. The Bertz CT molecular complexity index is 495. The van der Waals surface area contributed by atoms with Crippen LogP contribution in [-0.2, 0) is 0 Å². The van der Waals surface area contributed by atoms with Crippen molar-refractivity contribution < 1.29 is 0 Å². The Morgan fingerprint density at radius 3 is 1.02 bits per heavy atom. The van der Waals surface area contributed by atoms with Gasteiger partial charge >= 0.3 is 0 Å². The van der Waals surface area contributed by atoms with Crippen LogP contribution in [0.15, 0.2) is 0 Å². The Balaban J connectivity index is 3.26. The average molecular weight is 579 g/mol. The van der Waals surface area contributed by atoms with E-state index in [1.54, 1.807) is 0 Å². The predicted molar refractivity (Wildman–Crippen MR) is 186 cm³/mol. The number of guanidine groups is 1.